The van der Waals surface area contributed by atoms with Crippen LogP contribution in [-0.2, 0) is 4.79 Å². The van der Waals surface area contributed by atoms with Gasteiger partial charge in [0.2, 0.25) is 11.9 Å². The third kappa shape index (κ3) is 3.32. The number of anilines is 1. The Hall–Kier alpha value is -2.97. The molecule has 2 aromatic rings. The molecule has 0 spiro atoms. The SMILES string of the molecule is COc1n[nH]c(NC(=O)C(C)c2cccc([N+](=O)[O-])c2)n1. The van der Waals surface area contributed by atoms with Gasteiger partial charge in [0, 0.05) is 12.1 Å². The first-order chi connectivity index (χ1) is 10.0. The van der Waals surface area contributed by atoms with Crippen LogP contribution in [0.2, 0.25) is 0 Å². The Morgan fingerprint density at radius 1 is 1.52 bits per heavy atom. The van der Waals surface area contributed by atoms with Gasteiger partial charge in [0.1, 0.15) is 0 Å². The van der Waals surface area contributed by atoms with Crippen LogP contribution in [0.25, 0.3) is 0 Å². The first kappa shape index (κ1) is 14.4. The average molecular weight is 291 g/mol. The number of aromatic nitrogens is 3. The van der Waals surface area contributed by atoms with Crippen molar-refractivity contribution >= 4 is 17.5 Å². The van der Waals surface area contributed by atoms with Crippen molar-refractivity contribution in [1.29, 1.82) is 0 Å². The van der Waals surface area contributed by atoms with Gasteiger partial charge in [0.05, 0.1) is 18.0 Å². The summed E-state index contributed by atoms with van der Waals surface area (Å²) in [6, 6.07) is 6.03. The first-order valence-corrected chi connectivity index (χ1v) is 6.03. The summed E-state index contributed by atoms with van der Waals surface area (Å²) in [6.45, 7) is 1.64. The van der Waals surface area contributed by atoms with Crippen LogP contribution in [0.3, 0.4) is 0 Å². The molecule has 0 fully saturated rings. The second-order valence-electron chi connectivity index (χ2n) is 4.23. The van der Waals surface area contributed by atoms with Gasteiger partial charge in [-0.15, -0.1) is 5.10 Å². The van der Waals surface area contributed by atoms with Crippen LogP contribution in [0.1, 0.15) is 18.4 Å². The summed E-state index contributed by atoms with van der Waals surface area (Å²) in [5, 5.41) is 19.5. The van der Waals surface area contributed by atoms with Crippen molar-refractivity contribution in [3.8, 4) is 6.01 Å². The lowest BCUT2D eigenvalue weighted by atomic mass is 10.00. The number of nitro benzene ring substituents is 1. The monoisotopic (exact) mass is 291 g/mol. The van der Waals surface area contributed by atoms with E-state index < -0.39 is 10.8 Å². The molecule has 21 heavy (non-hydrogen) atoms. The summed E-state index contributed by atoms with van der Waals surface area (Å²) in [6.07, 6.45) is 0. The fourth-order valence-corrected chi connectivity index (χ4v) is 1.68. The Morgan fingerprint density at radius 2 is 2.29 bits per heavy atom. The number of nitrogens with zero attached hydrogens (tertiary/aromatic N) is 3. The minimum Gasteiger partial charge on any atom is -0.466 e. The number of rotatable bonds is 5. The van der Waals surface area contributed by atoms with Crippen LogP contribution in [0.4, 0.5) is 11.6 Å². The Morgan fingerprint density at radius 3 is 2.90 bits per heavy atom. The third-order valence-corrected chi connectivity index (χ3v) is 2.86. The van der Waals surface area contributed by atoms with E-state index in [1.807, 2.05) is 0 Å². The van der Waals surface area contributed by atoms with Crippen molar-refractivity contribution < 1.29 is 14.5 Å². The lowest BCUT2D eigenvalue weighted by molar-refractivity contribution is -0.384. The molecular formula is C12H13N5O4. The molecule has 0 aliphatic rings. The first-order valence-electron chi connectivity index (χ1n) is 6.03. The topological polar surface area (TPSA) is 123 Å². The van der Waals surface area contributed by atoms with Crippen LogP contribution in [0.15, 0.2) is 24.3 Å². The molecule has 2 rings (SSSR count). The number of methoxy groups -OCH3 is 1. The molecule has 0 radical (unpaired) electrons. The molecule has 1 atom stereocenters. The summed E-state index contributed by atoms with van der Waals surface area (Å²) in [7, 11) is 1.40. The summed E-state index contributed by atoms with van der Waals surface area (Å²) in [5.41, 5.74) is 0.474. The number of non-ortho nitro benzene ring substituents is 1. The van der Waals surface area contributed by atoms with Gasteiger partial charge in [0.25, 0.3) is 5.69 Å². The summed E-state index contributed by atoms with van der Waals surface area (Å²) < 4.78 is 4.78. The number of carbonyl (C=O) groups excluding carboxylic acids is 1. The van der Waals surface area contributed by atoms with Gasteiger partial charge < -0.3 is 4.74 Å². The second kappa shape index (κ2) is 5.99. The molecule has 1 unspecified atom stereocenters. The molecule has 2 N–H and O–H groups in total. The average Bonchev–Trinajstić information content (AvgIpc) is 2.94. The van der Waals surface area contributed by atoms with Gasteiger partial charge in [-0.1, -0.05) is 12.1 Å². The number of hydrogen-bond acceptors (Lipinski definition) is 6. The zero-order chi connectivity index (χ0) is 15.4. The number of H-pyrrole nitrogens is 1. The number of amides is 1. The molecule has 0 aliphatic carbocycles. The largest absolute Gasteiger partial charge is 0.466 e. The molecule has 9 nitrogen and oxygen atoms in total. The van der Waals surface area contributed by atoms with E-state index in [9.17, 15) is 14.9 Å². The highest BCUT2D eigenvalue weighted by atomic mass is 16.6. The fraction of sp³-hybridized carbons (Fsp3) is 0.250. The maximum absolute atomic E-state index is 12.1. The number of aromatic amines is 1. The van der Waals surface area contributed by atoms with Crippen LogP contribution in [0, 0.1) is 10.1 Å². The number of ether oxygens (including phenoxy) is 1. The Bertz CT molecular complexity index is 669. The molecule has 1 aromatic carbocycles. The van der Waals surface area contributed by atoms with E-state index in [1.54, 1.807) is 13.0 Å². The van der Waals surface area contributed by atoms with Gasteiger partial charge in [-0.25, -0.2) is 5.10 Å². The Balaban J connectivity index is 2.11. The maximum atomic E-state index is 12.1. The molecule has 1 amide bonds. The Kier molecular flexibility index (Phi) is 4.12. The highest BCUT2D eigenvalue weighted by molar-refractivity contribution is 5.94. The molecule has 0 bridgehead atoms. The number of nitrogens with one attached hydrogen (secondary N) is 2. The smallest absolute Gasteiger partial charge is 0.336 e. The maximum Gasteiger partial charge on any atom is 0.336 e. The second-order valence-corrected chi connectivity index (χ2v) is 4.23. The van der Waals surface area contributed by atoms with Gasteiger partial charge in [-0.2, -0.15) is 4.98 Å². The molecule has 9 heteroatoms. The van der Waals surface area contributed by atoms with Crippen LogP contribution < -0.4 is 10.1 Å². The van der Waals surface area contributed by atoms with Crippen molar-refractivity contribution in [3.05, 3.63) is 39.9 Å². The highest BCUT2D eigenvalue weighted by Gasteiger charge is 2.19. The minimum atomic E-state index is -0.582. The lowest BCUT2D eigenvalue weighted by Crippen LogP contribution is -2.19. The minimum absolute atomic E-state index is 0.0616. The standard InChI is InChI=1S/C12H13N5O4/c1-7(8-4-3-5-9(6-8)17(19)20)10(18)13-11-14-12(21-2)16-15-11/h3-7H,1-2H3,(H2,13,14,15,16,18). The molecule has 0 saturated heterocycles. The zero-order valence-electron chi connectivity index (χ0n) is 11.4. The highest BCUT2D eigenvalue weighted by Crippen LogP contribution is 2.21. The van der Waals surface area contributed by atoms with Crippen molar-refractivity contribution in [2.75, 3.05) is 12.4 Å². The van der Waals surface area contributed by atoms with Crippen LogP contribution in [-0.4, -0.2) is 33.1 Å². The quantitative estimate of drug-likeness (QED) is 0.635. The van der Waals surface area contributed by atoms with Crippen molar-refractivity contribution in [2.45, 2.75) is 12.8 Å². The predicted octanol–water partition coefficient (Wildman–Crippen LogP) is 1.46. The summed E-state index contributed by atoms with van der Waals surface area (Å²) >= 11 is 0. The predicted molar refractivity (Wildman–Crippen MR) is 73.1 cm³/mol. The van der Waals surface area contributed by atoms with E-state index >= 15 is 0 Å². The van der Waals surface area contributed by atoms with Crippen molar-refractivity contribution in [1.82, 2.24) is 15.2 Å². The summed E-state index contributed by atoms with van der Waals surface area (Å²) in [5.74, 6) is -0.801. The molecule has 1 heterocycles. The normalized spacial score (nSPS) is 11.7. The van der Waals surface area contributed by atoms with Crippen LogP contribution >= 0.6 is 0 Å². The number of nitro groups is 1. The Labute approximate surface area is 119 Å². The van der Waals surface area contributed by atoms with Gasteiger partial charge in [-0.05, 0) is 12.5 Å². The van der Waals surface area contributed by atoms with E-state index in [1.165, 1.54) is 25.3 Å². The molecule has 0 saturated carbocycles. The van der Waals surface area contributed by atoms with E-state index in [-0.39, 0.29) is 23.6 Å². The van der Waals surface area contributed by atoms with E-state index in [4.69, 9.17) is 4.74 Å². The number of carbonyl (C=O) groups is 1. The van der Waals surface area contributed by atoms with E-state index in [0.29, 0.717) is 5.56 Å². The van der Waals surface area contributed by atoms with Gasteiger partial charge in [0.15, 0.2) is 0 Å². The molecule has 0 aliphatic heterocycles. The fourth-order valence-electron chi connectivity index (χ4n) is 1.68. The van der Waals surface area contributed by atoms with Gasteiger partial charge >= 0.3 is 6.01 Å². The third-order valence-electron chi connectivity index (χ3n) is 2.86. The van der Waals surface area contributed by atoms with Crippen LogP contribution in [0.5, 0.6) is 6.01 Å². The van der Waals surface area contributed by atoms with Crippen molar-refractivity contribution in [3.63, 3.8) is 0 Å². The summed E-state index contributed by atoms with van der Waals surface area (Å²) in [4.78, 5) is 26.2. The number of hydrogen-bond donors (Lipinski definition) is 2. The number of benzene rings is 1. The van der Waals surface area contributed by atoms with Crippen molar-refractivity contribution in [2.24, 2.45) is 0 Å². The molecule has 110 valence electrons. The lowest BCUT2D eigenvalue weighted by Gasteiger charge is -2.10. The van der Waals surface area contributed by atoms with E-state index in [0.717, 1.165) is 0 Å². The zero-order valence-corrected chi connectivity index (χ0v) is 11.4. The van der Waals surface area contributed by atoms with Gasteiger partial charge in [-0.3, -0.25) is 20.2 Å². The van der Waals surface area contributed by atoms with E-state index in [2.05, 4.69) is 20.5 Å². The molecule has 1 aromatic heterocycles. The molecular weight excluding hydrogens is 278 g/mol.